The molecule has 0 fully saturated rings. The Bertz CT molecular complexity index is 823. The van der Waals surface area contributed by atoms with E-state index in [0.717, 1.165) is 37.6 Å². The zero-order chi connectivity index (χ0) is 24.9. The van der Waals surface area contributed by atoms with Gasteiger partial charge in [-0.1, -0.05) is 34.3 Å². The summed E-state index contributed by atoms with van der Waals surface area (Å²) in [6.07, 6.45) is 1.50. The van der Waals surface area contributed by atoms with Crippen LogP contribution in [0.2, 0.25) is 0 Å². The Morgan fingerprint density at radius 2 is 1.91 bits per heavy atom. The van der Waals surface area contributed by atoms with Gasteiger partial charge in [-0.05, 0) is 55.9 Å². The van der Waals surface area contributed by atoms with Crippen molar-refractivity contribution in [2.24, 2.45) is 5.92 Å². The third-order valence-electron chi connectivity index (χ3n) is 4.33. The van der Waals surface area contributed by atoms with Gasteiger partial charge in [0.05, 0.1) is 5.69 Å². The molecule has 2 radical (unpaired) electrons. The van der Waals surface area contributed by atoms with E-state index in [1.54, 1.807) is 38.2 Å². The van der Waals surface area contributed by atoms with E-state index in [1.165, 1.54) is 0 Å². The van der Waals surface area contributed by atoms with Crippen LogP contribution < -0.4 is 5.73 Å². The monoisotopic (exact) mass is 671 g/mol. The number of allylic oxidation sites excluding steroid dienone is 3. The number of aromatic nitrogens is 4. The van der Waals surface area contributed by atoms with Crippen molar-refractivity contribution in [1.82, 2.24) is 19.7 Å². The number of nitrogens with zero attached hydrogens (tertiary/aromatic N) is 4. The molecule has 5 nitrogen and oxygen atoms in total. The summed E-state index contributed by atoms with van der Waals surface area (Å²) in [5, 5.41) is 4.45. The van der Waals surface area contributed by atoms with Crippen molar-refractivity contribution < 1.29 is 13.2 Å². The Hall–Kier alpha value is -1.09. The fourth-order valence-corrected chi connectivity index (χ4v) is 2.84. The van der Waals surface area contributed by atoms with Gasteiger partial charge in [-0.15, -0.1) is 0 Å². The number of alkyl halides is 3. The Labute approximate surface area is 212 Å². The SMILES string of the molecule is C=C(/C=C(/c1cc2n(n1)CCCC2)C(C)C)C(F)(F)F.CC.Cc1nccc(N)n1.[Sb][I]. The molecule has 3 rings (SSSR count). The van der Waals surface area contributed by atoms with Gasteiger partial charge in [-0.3, -0.25) is 4.68 Å². The fraction of sp³-hybridized carbons (Fsp3) is 0.500. The van der Waals surface area contributed by atoms with Gasteiger partial charge < -0.3 is 5.73 Å². The summed E-state index contributed by atoms with van der Waals surface area (Å²) >= 11 is 3.92. The van der Waals surface area contributed by atoms with E-state index in [1.807, 2.05) is 38.4 Å². The van der Waals surface area contributed by atoms with Gasteiger partial charge in [0.1, 0.15) is 11.6 Å². The first kappa shape index (κ1) is 30.9. The van der Waals surface area contributed by atoms with Gasteiger partial charge in [0.2, 0.25) is 0 Å². The molecule has 0 saturated carbocycles. The predicted molar refractivity (Wildman–Crippen MR) is 135 cm³/mol. The summed E-state index contributed by atoms with van der Waals surface area (Å²) < 4.78 is 39.8. The zero-order valence-corrected chi connectivity index (χ0v) is 24.0. The van der Waals surface area contributed by atoms with Crippen molar-refractivity contribution >= 4 is 48.9 Å². The normalized spacial score (nSPS) is 12.9. The van der Waals surface area contributed by atoms with Gasteiger partial charge in [0.25, 0.3) is 0 Å². The number of rotatable bonds is 3. The molecule has 0 saturated heterocycles. The van der Waals surface area contributed by atoms with E-state index < -0.39 is 11.7 Å². The average molecular weight is 672 g/mol. The Morgan fingerprint density at radius 1 is 1.28 bits per heavy atom. The van der Waals surface area contributed by atoms with Crippen molar-refractivity contribution in [3.05, 3.63) is 53.8 Å². The molecule has 0 spiro atoms. The van der Waals surface area contributed by atoms with Crippen LogP contribution in [-0.4, -0.2) is 44.9 Å². The molecule has 0 atom stereocenters. The number of halogens is 4. The maximum atomic E-state index is 12.6. The quantitative estimate of drug-likeness (QED) is 0.237. The Kier molecular flexibility index (Phi) is 15.2. The molecule has 2 N–H and O–H groups in total. The summed E-state index contributed by atoms with van der Waals surface area (Å²) in [7, 11) is 0. The molecule has 0 bridgehead atoms. The molecule has 2 aromatic heterocycles. The van der Waals surface area contributed by atoms with E-state index >= 15 is 0 Å². The number of aryl methyl sites for hydroxylation is 3. The molecule has 0 aliphatic carbocycles. The maximum absolute atomic E-state index is 12.6. The Morgan fingerprint density at radius 3 is 2.34 bits per heavy atom. The molecule has 2 aromatic rings. The van der Waals surface area contributed by atoms with E-state index in [0.29, 0.717) is 22.9 Å². The fourth-order valence-electron chi connectivity index (χ4n) is 2.84. The first-order valence-electron chi connectivity index (χ1n) is 10.3. The van der Waals surface area contributed by atoms with Crippen LogP contribution in [0.4, 0.5) is 19.0 Å². The first-order valence-corrected chi connectivity index (χ1v) is 17.8. The number of fused-ring (bicyclic) bond motifs is 1. The minimum atomic E-state index is -4.39. The van der Waals surface area contributed by atoms with Crippen molar-refractivity contribution in [2.75, 3.05) is 5.73 Å². The van der Waals surface area contributed by atoms with Crippen LogP contribution in [0.3, 0.4) is 0 Å². The number of hydrogen-bond acceptors (Lipinski definition) is 4. The van der Waals surface area contributed by atoms with Crippen LogP contribution in [-0.2, 0) is 13.0 Å². The molecule has 32 heavy (non-hydrogen) atoms. The van der Waals surface area contributed by atoms with E-state index in [2.05, 4.69) is 40.1 Å². The Balaban J connectivity index is 0.000000666. The second kappa shape index (κ2) is 15.7. The van der Waals surface area contributed by atoms with E-state index in [4.69, 9.17) is 5.73 Å². The standard InChI is InChI=1S/C15H19F3N2.C5H7N3.C2H6.HI.Sb/c1-10(2)13(8-11(3)15(16,17)18)14-9-12-6-4-5-7-20(12)19-14;1-4-7-3-2-5(6)8-4;1-2;;/h8-10H,3-7H2,1-2H3;2-3H,1H3,(H2,6,7,8);1-2H3;1H;/q;;;;+1/p-1/b13-8+;;;;. The second-order valence-corrected chi connectivity index (χ2v) is 7.01. The second-order valence-electron chi connectivity index (χ2n) is 7.01. The number of anilines is 1. The number of hydrogen-bond donors (Lipinski definition) is 1. The third kappa shape index (κ3) is 10.7. The third-order valence-corrected chi connectivity index (χ3v) is 4.33. The van der Waals surface area contributed by atoms with Gasteiger partial charge in [-0.2, -0.15) is 18.3 Å². The summed E-state index contributed by atoms with van der Waals surface area (Å²) in [5.74, 6) is 1.20. The van der Waals surface area contributed by atoms with Crippen LogP contribution >= 0.6 is 18.5 Å². The average Bonchev–Trinajstić information content (AvgIpc) is 3.18. The number of nitrogens with two attached hydrogens (primary N) is 1. The molecule has 0 aromatic carbocycles. The van der Waals surface area contributed by atoms with E-state index in [-0.39, 0.29) is 5.92 Å². The van der Waals surface area contributed by atoms with E-state index in [9.17, 15) is 13.2 Å². The van der Waals surface area contributed by atoms with Crippen LogP contribution in [0, 0.1) is 12.8 Å². The number of nitrogen functional groups attached to an aromatic ring is 1. The molecule has 0 unspecified atom stereocenters. The molecular formula is C22H32F3IN5Sb. The molecule has 178 valence electrons. The van der Waals surface area contributed by atoms with Gasteiger partial charge in [0.15, 0.2) is 0 Å². The summed E-state index contributed by atoms with van der Waals surface area (Å²) in [6.45, 7) is 13.5. The van der Waals surface area contributed by atoms with Crippen molar-refractivity contribution in [3.63, 3.8) is 0 Å². The van der Waals surface area contributed by atoms with Crippen molar-refractivity contribution in [3.8, 4) is 0 Å². The van der Waals surface area contributed by atoms with Gasteiger partial charge >= 0.3 is 43.7 Å². The summed E-state index contributed by atoms with van der Waals surface area (Å²) in [6, 6.07) is 3.57. The summed E-state index contributed by atoms with van der Waals surface area (Å²) in [4.78, 5) is 7.69. The van der Waals surface area contributed by atoms with Crippen LogP contribution in [0.15, 0.2) is 36.6 Å². The topological polar surface area (TPSA) is 69.6 Å². The molecule has 10 heteroatoms. The van der Waals surface area contributed by atoms with Gasteiger partial charge in [-0.25, -0.2) is 9.97 Å². The van der Waals surface area contributed by atoms with Crippen molar-refractivity contribution in [1.29, 1.82) is 0 Å². The van der Waals surface area contributed by atoms with Gasteiger partial charge in [0, 0.05) is 24.0 Å². The van der Waals surface area contributed by atoms with Crippen LogP contribution in [0.5, 0.6) is 0 Å². The molecule has 3 heterocycles. The molecule has 1 aliphatic heterocycles. The predicted octanol–water partition coefficient (Wildman–Crippen LogP) is 6.28. The molecular weight excluding hydrogens is 640 g/mol. The van der Waals surface area contributed by atoms with Crippen LogP contribution in [0.25, 0.3) is 5.57 Å². The minimum absolute atomic E-state index is 0.0361. The first-order chi connectivity index (χ1) is 15.1. The zero-order valence-electron chi connectivity index (χ0n) is 19.2. The summed E-state index contributed by atoms with van der Waals surface area (Å²) in [5.41, 5.74) is 6.82. The van der Waals surface area contributed by atoms with Crippen molar-refractivity contribution in [2.45, 2.75) is 66.6 Å². The molecule has 1 aliphatic rings. The van der Waals surface area contributed by atoms with Crippen LogP contribution in [0.1, 0.15) is 57.7 Å². The molecule has 0 amide bonds.